The summed E-state index contributed by atoms with van der Waals surface area (Å²) in [5, 5.41) is 10.4. The molecule has 3 unspecified atom stereocenters. The Balaban J connectivity index is 1.29. The second-order valence-corrected chi connectivity index (χ2v) is 9.84. The van der Waals surface area contributed by atoms with Crippen LogP contribution in [0.5, 0.6) is 0 Å². The van der Waals surface area contributed by atoms with E-state index < -0.39 is 0 Å². The summed E-state index contributed by atoms with van der Waals surface area (Å²) >= 11 is 1.57. The predicted molar refractivity (Wildman–Crippen MR) is 120 cm³/mol. The van der Waals surface area contributed by atoms with E-state index in [2.05, 4.69) is 46.6 Å². The molecule has 7 nitrogen and oxygen atoms in total. The maximum Gasteiger partial charge on any atom is 0.333 e. The lowest BCUT2D eigenvalue weighted by Gasteiger charge is -2.49. The SMILES string of the molecule is Cc1ccc(CNC(=O)CSC2NC(=O)N(N3CCN(C)CC3)C3CCCC23)cc1. The lowest BCUT2D eigenvalue weighted by Crippen LogP contribution is -2.67. The minimum Gasteiger partial charge on any atom is -0.351 e. The van der Waals surface area contributed by atoms with Crippen molar-refractivity contribution in [1.29, 1.82) is 0 Å². The molecule has 30 heavy (non-hydrogen) atoms. The number of urea groups is 1. The second kappa shape index (κ2) is 9.58. The van der Waals surface area contributed by atoms with Crippen molar-refractivity contribution in [3.8, 4) is 0 Å². The average Bonchev–Trinajstić information content (AvgIpc) is 3.22. The summed E-state index contributed by atoms with van der Waals surface area (Å²) in [7, 11) is 2.13. The van der Waals surface area contributed by atoms with Gasteiger partial charge in [0.2, 0.25) is 5.91 Å². The van der Waals surface area contributed by atoms with E-state index in [9.17, 15) is 9.59 Å². The number of thioether (sulfide) groups is 1. The standard InChI is InChI=1S/C22H33N5O2S/c1-16-6-8-17(9-7-16)14-23-20(28)15-30-21-18-4-3-5-19(18)27(22(29)24-21)26-12-10-25(2)11-13-26/h6-9,18-19,21H,3-5,10-15H2,1-2H3,(H,23,28)(H,24,29). The number of hydrogen-bond acceptors (Lipinski definition) is 5. The third-order valence-electron chi connectivity index (χ3n) is 6.50. The first-order valence-corrected chi connectivity index (χ1v) is 12.0. The van der Waals surface area contributed by atoms with E-state index in [0.29, 0.717) is 18.2 Å². The molecule has 1 aromatic rings. The number of carbonyl (C=O) groups is 2. The van der Waals surface area contributed by atoms with Crippen molar-refractivity contribution in [2.75, 3.05) is 39.0 Å². The monoisotopic (exact) mass is 431 g/mol. The molecule has 1 saturated carbocycles. The number of likely N-dealkylation sites (N-methyl/N-ethyl adjacent to an activating group) is 1. The van der Waals surface area contributed by atoms with Crippen molar-refractivity contribution >= 4 is 23.7 Å². The van der Waals surface area contributed by atoms with Gasteiger partial charge in [-0.3, -0.25) is 9.80 Å². The Labute approximate surface area is 183 Å². The van der Waals surface area contributed by atoms with Crippen LogP contribution in [0.25, 0.3) is 0 Å². The van der Waals surface area contributed by atoms with E-state index >= 15 is 0 Å². The van der Waals surface area contributed by atoms with E-state index in [1.165, 1.54) is 5.56 Å². The molecule has 3 amide bonds. The molecule has 0 spiro atoms. The van der Waals surface area contributed by atoms with Gasteiger partial charge in [-0.2, -0.15) is 0 Å². The Bertz CT molecular complexity index is 750. The van der Waals surface area contributed by atoms with Crippen LogP contribution in [0.1, 0.15) is 30.4 Å². The number of benzene rings is 1. The third-order valence-corrected chi connectivity index (χ3v) is 7.75. The molecule has 2 heterocycles. The topological polar surface area (TPSA) is 67.9 Å². The van der Waals surface area contributed by atoms with Gasteiger partial charge in [-0.25, -0.2) is 9.80 Å². The zero-order chi connectivity index (χ0) is 21.1. The summed E-state index contributed by atoms with van der Waals surface area (Å²) in [6.45, 7) is 6.36. The smallest absolute Gasteiger partial charge is 0.333 e. The van der Waals surface area contributed by atoms with Gasteiger partial charge in [-0.1, -0.05) is 36.2 Å². The molecule has 0 aromatic heterocycles. The van der Waals surface area contributed by atoms with Crippen LogP contribution in [0.15, 0.2) is 24.3 Å². The van der Waals surface area contributed by atoms with Crippen molar-refractivity contribution in [2.24, 2.45) is 5.92 Å². The quantitative estimate of drug-likeness (QED) is 0.721. The van der Waals surface area contributed by atoms with Crippen LogP contribution in [0, 0.1) is 12.8 Å². The first-order chi connectivity index (χ1) is 14.5. The van der Waals surface area contributed by atoms with Crippen LogP contribution in [0.3, 0.4) is 0 Å². The fourth-order valence-electron chi connectivity index (χ4n) is 4.71. The van der Waals surface area contributed by atoms with Gasteiger partial charge in [0.05, 0.1) is 17.2 Å². The van der Waals surface area contributed by atoms with Gasteiger partial charge in [-0.05, 0) is 32.4 Å². The number of nitrogens with zero attached hydrogens (tertiary/aromatic N) is 3. The van der Waals surface area contributed by atoms with Crippen LogP contribution in [0.4, 0.5) is 4.79 Å². The summed E-state index contributed by atoms with van der Waals surface area (Å²) in [6.07, 6.45) is 3.31. The highest BCUT2D eigenvalue weighted by molar-refractivity contribution is 8.00. The molecule has 1 aliphatic carbocycles. The molecular weight excluding hydrogens is 398 g/mol. The van der Waals surface area contributed by atoms with Crippen molar-refractivity contribution in [2.45, 2.75) is 44.1 Å². The van der Waals surface area contributed by atoms with Gasteiger partial charge in [0.15, 0.2) is 0 Å². The molecule has 4 rings (SSSR count). The van der Waals surface area contributed by atoms with Crippen molar-refractivity contribution in [3.63, 3.8) is 0 Å². The van der Waals surface area contributed by atoms with E-state index in [1.54, 1.807) is 11.8 Å². The zero-order valence-electron chi connectivity index (χ0n) is 18.0. The second-order valence-electron chi connectivity index (χ2n) is 8.71. The molecule has 1 aromatic carbocycles. The number of rotatable bonds is 6. The molecule has 2 aliphatic heterocycles. The van der Waals surface area contributed by atoms with Crippen molar-refractivity contribution < 1.29 is 9.59 Å². The fraction of sp³-hybridized carbons (Fsp3) is 0.636. The Morgan fingerprint density at radius 1 is 1.17 bits per heavy atom. The van der Waals surface area contributed by atoms with Crippen LogP contribution in [0.2, 0.25) is 0 Å². The number of nitrogens with one attached hydrogen (secondary N) is 2. The molecule has 3 aliphatic rings. The van der Waals surface area contributed by atoms with E-state index in [0.717, 1.165) is 51.0 Å². The molecule has 3 atom stereocenters. The molecule has 3 fully saturated rings. The molecular formula is C22H33N5O2S. The van der Waals surface area contributed by atoms with Gasteiger partial charge < -0.3 is 15.5 Å². The van der Waals surface area contributed by atoms with Gasteiger partial charge >= 0.3 is 6.03 Å². The molecule has 0 radical (unpaired) electrons. The molecule has 8 heteroatoms. The molecule has 2 saturated heterocycles. The summed E-state index contributed by atoms with van der Waals surface area (Å²) < 4.78 is 0. The summed E-state index contributed by atoms with van der Waals surface area (Å²) in [5.74, 6) is 0.789. The van der Waals surface area contributed by atoms with E-state index in [-0.39, 0.29) is 23.4 Å². The normalized spacial score (nSPS) is 27.6. The van der Waals surface area contributed by atoms with Crippen molar-refractivity contribution in [1.82, 2.24) is 25.6 Å². The van der Waals surface area contributed by atoms with Gasteiger partial charge in [0, 0.05) is 38.6 Å². The Morgan fingerprint density at radius 3 is 2.63 bits per heavy atom. The number of aryl methyl sites for hydroxylation is 1. The van der Waals surface area contributed by atoms with Crippen LogP contribution >= 0.6 is 11.8 Å². The van der Waals surface area contributed by atoms with Gasteiger partial charge in [0.25, 0.3) is 0 Å². The number of hydrogen-bond donors (Lipinski definition) is 2. The highest BCUT2D eigenvalue weighted by Crippen LogP contribution is 2.39. The fourth-order valence-corrected chi connectivity index (χ4v) is 5.89. The highest BCUT2D eigenvalue weighted by atomic mass is 32.2. The van der Waals surface area contributed by atoms with Crippen LogP contribution in [-0.2, 0) is 11.3 Å². The van der Waals surface area contributed by atoms with Gasteiger partial charge in [-0.15, -0.1) is 11.8 Å². The number of piperazine rings is 1. The van der Waals surface area contributed by atoms with Crippen molar-refractivity contribution in [3.05, 3.63) is 35.4 Å². The first kappa shape index (κ1) is 21.5. The maximum atomic E-state index is 13.0. The highest BCUT2D eigenvalue weighted by Gasteiger charge is 2.47. The molecule has 2 N–H and O–H groups in total. The number of hydrazine groups is 1. The van der Waals surface area contributed by atoms with E-state index in [1.807, 2.05) is 17.1 Å². The van der Waals surface area contributed by atoms with Gasteiger partial charge in [0.1, 0.15) is 0 Å². The summed E-state index contributed by atoms with van der Waals surface area (Å²) in [6, 6.07) is 8.45. The summed E-state index contributed by atoms with van der Waals surface area (Å²) in [5.41, 5.74) is 2.31. The minimum absolute atomic E-state index is 0.000247. The maximum absolute atomic E-state index is 13.0. The Morgan fingerprint density at radius 2 is 1.90 bits per heavy atom. The first-order valence-electron chi connectivity index (χ1n) is 11.0. The minimum atomic E-state index is 0.000247. The van der Waals surface area contributed by atoms with E-state index in [4.69, 9.17) is 0 Å². The lowest BCUT2D eigenvalue weighted by atomic mass is 10.0. The number of amides is 3. The number of fused-ring (bicyclic) bond motifs is 1. The van der Waals surface area contributed by atoms with Crippen LogP contribution in [-0.4, -0.2) is 77.3 Å². The lowest BCUT2D eigenvalue weighted by molar-refractivity contribution is -0.118. The third kappa shape index (κ3) is 4.92. The molecule has 0 bridgehead atoms. The average molecular weight is 432 g/mol. The van der Waals surface area contributed by atoms with Crippen LogP contribution < -0.4 is 10.6 Å². The zero-order valence-corrected chi connectivity index (χ0v) is 18.8. The molecule has 164 valence electrons. The number of carbonyl (C=O) groups excluding carboxylic acids is 2. The Hall–Kier alpha value is -1.77. The Kier molecular flexibility index (Phi) is 6.85. The summed E-state index contributed by atoms with van der Waals surface area (Å²) in [4.78, 5) is 27.6. The largest absolute Gasteiger partial charge is 0.351 e. The predicted octanol–water partition coefficient (Wildman–Crippen LogP) is 2.03.